The van der Waals surface area contributed by atoms with Crippen molar-refractivity contribution in [2.45, 2.75) is 47.5 Å². The molecule has 0 aliphatic heterocycles. The molecule has 0 heterocycles. The van der Waals surface area contributed by atoms with Gasteiger partial charge in [-0.15, -0.1) is 0 Å². The Kier molecular flexibility index (Phi) is 2.68. The Balaban J connectivity index is 3.02. The van der Waals surface area contributed by atoms with E-state index in [1.807, 2.05) is 6.92 Å². The molecule has 1 amide bonds. The Morgan fingerprint density at radius 3 is 2.07 bits per heavy atom. The fourth-order valence-corrected chi connectivity index (χ4v) is 3.14. The van der Waals surface area contributed by atoms with Crippen LogP contribution in [0, 0.1) is 22.7 Å². The average Bonchev–Trinajstić information content (AvgIpc) is 2.24. The largest absolute Gasteiger partial charge is 0.369 e. The van der Waals surface area contributed by atoms with Crippen LogP contribution < -0.4 is 5.73 Å². The van der Waals surface area contributed by atoms with Crippen LogP contribution in [0.5, 0.6) is 0 Å². The maximum Gasteiger partial charge on any atom is 0.223 e. The molecule has 1 unspecified atom stereocenters. The van der Waals surface area contributed by atoms with Gasteiger partial charge in [0.2, 0.25) is 5.91 Å². The Morgan fingerprint density at radius 1 is 1.36 bits per heavy atom. The summed E-state index contributed by atoms with van der Waals surface area (Å²) in [5, 5.41) is 0. The molecule has 2 atom stereocenters. The van der Waals surface area contributed by atoms with Gasteiger partial charge >= 0.3 is 0 Å². The third kappa shape index (κ3) is 1.35. The maximum atomic E-state index is 11.5. The number of rotatable bonds is 2. The number of carbonyl (C=O) groups excluding carboxylic acids is 1. The van der Waals surface area contributed by atoms with Gasteiger partial charge in [-0.25, -0.2) is 0 Å². The topological polar surface area (TPSA) is 43.1 Å². The molecule has 1 rings (SSSR count). The summed E-state index contributed by atoms with van der Waals surface area (Å²) < 4.78 is 0. The van der Waals surface area contributed by atoms with E-state index in [9.17, 15) is 4.79 Å². The molecule has 1 fully saturated rings. The van der Waals surface area contributed by atoms with E-state index in [0.29, 0.717) is 11.8 Å². The van der Waals surface area contributed by atoms with Crippen molar-refractivity contribution in [2.75, 3.05) is 0 Å². The summed E-state index contributed by atoms with van der Waals surface area (Å²) in [6.07, 6.45) is 2.07. The van der Waals surface area contributed by atoms with Gasteiger partial charge in [0.25, 0.3) is 0 Å². The van der Waals surface area contributed by atoms with Crippen LogP contribution in [0.4, 0.5) is 0 Å². The van der Waals surface area contributed by atoms with Crippen molar-refractivity contribution < 1.29 is 4.79 Å². The molecule has 0 saturated heterocycles. The van der Waals surface area contributed by atoms with Crippen LogP contribution in [0.25, 0.3) is 0 Å². The molecular formula is C12H23NO. The van der Waals surface area contributed by atoms with E-state index in [4.69, 9.17) is 5.73 Å². The molecule has 0 aromatic heterocycles. The van der Waals surface area contributed by atoms with E-state index in [1.165, 1.54) is 0 Å². The van der Waals surface area contributed by atoms with Crippen LogP contribution in [-0.4, -0.2) is 5.91 Å². The molecule has 2 nitrogen and oxygen atoms in total. The molecule has 0 aromatic rings. The minimum atomic E-state index is -0.318. The van der Waals surface area contributed by atoms with E-state index in [2.05, 4.69) is 27.7 Å². The van der Waals surface area contributed by atoms with Crippen molar-refractivity contribution in [3.63, 3.8) is 0 Å². The van der Waals surface area contributed by atoms with Crippen LogP contribution in [0.3, 0.4) is 0 Å². The number of carbonyl (C=O) groups is 1. The molecule has 1 aliphatic rings. The summed E-state index contributed by atoms with van der Waals surface area (Å²) in [5.41, 5.74) is 5.25. The highest BCUT2D eigenvalue weighted by atomic mass is 16.1. The number of hydrogen-bond donors (Lipinski definition) is 1. The summed E-state index contributed by atoms with van der Waals surface area (Å²) >= 11 is 0. The van der Waals surface area contributed by atoms with Crippen molar-refractivity contribution >= 4 is 5.91 Å². The second-order valence-electron chi connectivity index (χ2n) is 5.81. The Bertz CT molecular complexity index is 245. The third-order valence-corrected chi connectivity index (χ3v) is 4.65. The first-order chi connectivity index (χ1) is 6.23. The van der Waals surface area contributed by atoms with Crippen molar-refractivity contribution in [3.05, 3.63) is 0 Å². The standard InChI is InChI=1S/C12H23NO/c1-8(2)9-6-7-12(5,10(13)14)11(9,3)4/h8-9H,6-7H2,1-5H3,(H2,13,14)/t9?,12-/m1/s1. The molecule has 0 radical (unpaired) electrons. The number of hydrogen-bond acceptors (Lipinski definition) is 1. The van der Waals surface area contributed by atoms with Gasteiger partial charge in [0.05, 0.1) is 5.41 Å². The van der Waals surface area contributed by atoms with Gasteiger partial charge in [0, 0.05) is 0 Å². The zero-order valence-corrected chi connectivity index (χ0v) is 10.1. The van der Waals surface area contributed by atoms with E-state index < -0.39 is 0 Å². The quantitative estimate of drug-likeness (QED) is 0.726. The summed E-state index contributed by atoms with van der Waals surface area (Å²) in [6, 6.07) is 0. The number of primary amides is 1. The fourth-order valence-electron chi connectivity index (χ4n) is 3.14. The normalized spacial score (nSPS) is 36.3. The lowest BCUT2D eigenvalue weighted by Crippen LogP contribution is -2.45. The second kappa shape index (κ2) is 3.25. The Labute approximate surface area is 87.2 Å². The Hall–Kier alpha value is -0.530. The molecule has 0 aromatic carbocycles. The Morgan fingerprint density at radius 2 is 1.86 bits per heavy atom. The molecule has 2 heteroatoms. The summed E-state index contributed by atoms with van der Waals surface area (Å²) in [4.78, 5) is 11.5. The van der Waals surface area contributed by atoms with Gasteiger partial charge in [0.15, 0.2) is 0 Å². The van der Waals surface area contributed by atoms with Gasteiger partial charge in [-0.2, -0.15) is 0 Å². The van der Waals surface area contributed by atoms with Gasteiger partial charge in [-0.1, -0.05) is 34.6 Å². The molecule has 0 bridgehead atoms. The first-order valence-electron chi connectivity index (χ1n) is 5.53. The lowest BCUT2D eigenvalue weighted by molar-refractivity contribution is -0.132. The van der Waals surface area contributed by atoms with Crippen LogP contribution in [0.15, 0.2) is 0 Å². The summed E-state index contributed by atoms with van der Waals surface area (Å²) in [7, 11) is 0. The van der Waals surface area contributed by atoms with Gasteiger partial charge in [-0.3, -0.25) is 4.79 Å². The van der Waals surface area contributed by atoms with Crippen LogP contribution in [-0.2, 0) is 4.79 Å². The first kappa shape index (κ1) is 11.5. The minimum Gasteiger partial charge on any atom is -0.369 e. The molecule has 2 N–H and O–H groups in total. The SMILES string of the molecule is CC(C)C1CC[C@](C)(C(N)=O)C1(C)C. The second-order valence-corrected chi connectivity index (χ2v) is 5.81. The number of nitrogens with two attached hydrogens (primary N) is 1. The predicted octanol–water partition coefficient (Wildman–Crippen LogP) is 2.57. The lowest BCUT2D eigenvalue weighted by atomic mass is 9.63. The monoisotopic (exact) mass is 197 g/mol. The van der Waals surface area contributed by atoms with Gasteiger partial charge < -0.3 is 5.73 Å². The highest BCUT2D eigenvalue weighted by Crippen LogP contribution is 2.57. The molecule has 0 spiro atoms. The summed E-state index contributed by atoms with van der Waals surface area (Å²) in [5.74, 6) is 1.11. The van der Waals surface area contributed by atoms with E-state index in [1.54, 1.807) is 0 Å². The van der Waals surface area contributed by atoms with Crippen molar-refractivity contribution in [1.82, 2.24) is 0 Å². The fraction of sp³-hybridized carbons (Fsp3) is 0.917. The molecule has 82 valence electrons. The zero-order chi connectivity index (χ0) is 11.1. The molecular weight excluding hydrogens is 174 g/mol. The lowest BCUT2D eigenvalue weighted by Gasteiger charge is -2.41. The smallest absolute Gasteiger partial charge is 0.223 e. The molecule has 1 aliphatic carbocycles. The average molecular weight is 197 g/mol. The first-order valence-corrected chi connectivity index (χ1v) is 5.53. The highest BCUT2D eigenvalue weighted by molar-refractivity contribution is 5.81. The predicted molar refractivity (Wildman–Crippen MR) is 58.6 cm³/mol. The van der Waals surface area contributed by atoms with Gasteiger partial charge in [0.1, 0.15) is 0 Å². The third-order valence-electron chi connectivity index (χ3n) is 4.65. The minimum absolute atomic E-state index is 0.0347. The highest BCUT2D eigenvalue weighted by Gasteiger charge is 2.55. The molecule has 1 saturated carbocycles. The maximum absolute atomic E-state index is 11.5. The zero-order valence-electron chi connectivity index (χ0n) is 10.1. The van der Waals surface area contributed by atoms with E-state index in [0.717, 1.165) is 12.8 Å². The van der Waals surface area contributed by atoms with Gasteiger partial charge in [-0.05, 0) is 30.1 Å². The van der Waals surface area contributed by atoms with E-state index >= 15 is 0 Å². The van der Waals surface area contributed by atoms with Crippen molar-refractivity contribution in [3.8, 4) is 0 Å². The van der Waals surface area contributed by atoms with Crippen molar-refractivity contribution in [1.29, 1.82) is 0 Å². The number of amides is 1. The van der Waals surface area contributed by atoms with E-state index in [-0.39, 0.29) is 16.7 Å². The summed E-state index contributed by atoms with van der Waals surface area (Å²) in [6.45, 7) is 10.9. The van der Waals surface area contributed by atoms with Crippen LogP contribution >= 0.6 is 0 Å². The van der Waals surface area contributed by atoms with Crippen molar-refractivity contribution in [2.24, 2.45) is 28.4 Å². The molecule has 14 heavy (non-hydrogen) atoms. The van der Waals surface area contributed by atoms with Crippen LogP contribution in [0.2, 0.25) is 0 Å². The van der Waals surface area contributed by atoms with Crippen LogP contribution in [0.1, 0.15) is 47.5 Å².